The topological polar surface area (TPSA) is 104 Å². The van der Waals surface area contributed by atoms with Crippen LogP contribution in [0.2, 0.25) is 5.02 Å². The van der Waals surface area contributed by atoms with Crippen LogP contribution in [0.4, 0.5) is 5.69 Å². The van der Waals surface area contributed by atoms with Gasteiger partial charge in [-0.1, -0.05) is 24.6 Å². The molecule has 7 nitrogen and oxygen atoms in total. The summed E-state index contributed by atoms with van der Waals surface area (Å²) in [5, 5.41) is 19.1. The predicted octanol–water partition coefficient (Wildman–Crippen LogP) is 4.43. The third-order valence-corrected chi connectivity index (χ3v) is 5.69. The molecule has 0 amide bonds. The van der Waals surface area contributed by atoms with Crippen molar-refractivity contribution in [3.8, 4) is 5.75 Å². The van der Waals surface area contributed by atoms with Gasteiger partial charge in [-0.25, -0.2) is 8.42 Å². The maximum Gasteiger partial charge on any atom is 0.229 e. The fourth-order valence-corrected chi connectivity index (χ4v) is 4.02. The smallest absolute Gasteiger partial charge is 0.229 e. The number of aliphatic hydroxyl groups excluding tert-OH is 1. The summed E-state index contributed by atoms with van der Waals surface area (Å²) in [6.45, 7) is 2.61. The van der Waals surface area contributed by atoms with Gasteiger partial charge in [0.15, 0.2) is 0 Å². The highest BCUT2D eigenvalue weighted by atomic mass is 35.5. The molecule has 0 bridgehead atoms. The lowest BCUT2D eigenvalue weighted by Crippen LogP contribution is -2.10. The van der Waals surface area contributed by atoms with E-state index in [4.69, 9.17) is 16.3 Å². The molecule has 0 saturated heterocycles. The van der Waals surface area contributed by atoms with Crippen LogP contribution in [0.1, 0.15) is 43.5 Å². The van der Waals surface area contributed by atoms with Gasteiger partial charge in [0.2, 0.25) is 10.0 Å². The number of sulfonamides is 1. The van der Waals surface area contributed by atoms with Crippen molar-refractivity contribution in [2.75, 3.05) is 17.6 Å². The van der Waals surface area contributed by atoms with Crippen molar-refractivity contribution >= 4 is 38.2 Å². The van der Waals surface area contributed by atoms with Gasteiger partial charge in [0.1, 0.15) is 5.75 Å². The summed E-state index contributed by atoms with van der Waals surface area (Å²) in [4.78, 5) is 0. The molecule has 0 aliphatic heterocycles. The number of hydrogen-bond donors (Lipinski definition) is 3. The summed E-state index contributed by atoms with van der Waals surface area (Å²) in [5.41, 5.74) is 2.88. The number of aryl methyl sites for hydroxylation is 1. The van der Waals surface area contributed by atoms with Gasteiger partial charge >= 0.3 is 0 Å². The summed E-state index contributed by atoms with van der Waals surface area (Å²) in [7, 11) is -3.45. The molecule has 9 heteroatoms. The molecule has 3 aromatic rings. The summed E-state index contributed by atoms with van der Waals surface area (Å²) in [5.74, 6) is 0.770. The molecule has 3 rings (SSSR count). The second-order valence-corrected chi connectivity index (χ2v) is 9.36. The molecule has 3 N–H and O–H groups in total. The monoisotopic (exact) mass is 451 g/mol. The first-order chi connectivity index (χ1) is 14.3. The van der Waals surface area contributed by atoms with Gasteiger partial charge in [0.05, 0.1) is 35.2 Å². The Morgan fingerprint density at radius 2 is 2.03 bits per heavy atom. The van der Waals surface area contributed by atoms with E-state index in [0.717, 1.165) is 47.9 Å². The van der Waals surface area contributed by atoms with Crippen molar-refractivity contribution in [1.82, 2.24) is 10.2 Å². The molecular formula is C21H26ClN3O4S. The molecule has 0 aliphatic rings. The third-order valence-electron chi connectivity index (χ3n) is 4.77. The van der Waals surface area contributed by atoms with E-state index in [1.807, 2.05) is 18.2 Å². The molecule has 0 radical (unpaired) electrons. The van der Waals surface area contributed by atoms with E-state index in [-0.39, 0.29) is 10.7 Å². The molecule has 30 heavy (non-hydrogen) atoms. The zero-order valence-electron chi connectivity index (χ0n) is 17.0. The summed E-state index contributed by atoms with van der Waals surface area (Å²) in [6.07, 6.45) is 3.30. The molecule has 1 aromatic heterocycles. The van der Waals surface area contributed by atoms with E-state index in [2.05, 4.69) is 21.8 Å². The number of fused-ring (bicyclic) bond motifs is 1. The highest BCUT2D eigenvalue weighted by Gasteiger charge is 2.12. The Balaban J connectivity index is 1.48. The number of nitrogens with one attached hydrogen (secondary N) is 2. The number of aliphatic hydroxyl groups is 1. The normalized spacial score (nSPS) is 12.8. The van der Waals surface area contributed by atoms with Crippen LogP contribution in [0, 0.1) is 0 Å². The van der Waals surface area contributed by atoms with Crippen molar-refractivity contribution < 1.29 is 18.3 Å². The van der Waals surface area contributed by atoms with Crippen LogP contribution in [0.5, 0.6) is 5.75 Å². The number of ether oxygens (including phenoxy) is 1. The van der Waals surface area contributed by atoms with Crippen LogP contribution >= 0.6 is 11.6 Å². The molecule has 162 valence electrons. The zero-order chi connectivity index (χ0) is 21.7. The van der Waals surface area contributed by atoms with E-state index in [1.54, 1.807) is 18.2 Å². The Hall–Kier alpha value is -2.29. The van der Waals surface area contributed by atoms with Crippen LogP contribution in [0.15, 0.2) is 36.4 Å². The maximum atomic E-state index is 11.4. The van der Waals surface area contributed by atoms with Crippen LogP contribution in [-0.4, -0.2) is 36.6 Å². The average molecular weight is 452 g/mol. The standard InChI is InChI=1S/C21H26ClN3O4S/c1-3-18-16-9-8-15(13-19(16)24-23-18)29-11-5-4-6-21(26)14-7-10-17(22)20(12-14)25-30(2,27)28/h7-10,12-13,21,25-26H,3-6,11H2,1-2H3,(H,23,24)/t21-/m0/s1. The van der Waals surface area contributed by atoms with Gasteiger partial charge in [-0.15, -0.1) is 0 Å². The van der Waals surface area contributed by atoms with Crippen molar-refractivity contribution in [3.05, 3.63) is 52.7 Å². The van der Waals surface area contributed by atoms with Gasteiger partial charge in [0.25, 0.3) is 0 Å². The molecule has 1 heterocycles. The van der Waals surface area contributed by atoms with Gasteiger partial charge in [-0.05, 0) is 55.5 Å². The number of unbranched alkanes of at least 4 members (excludes halogenated alkanes) is 1. The highest BCUT2D eigenvalue weighted by Crippen LogP contribution is 2.29. The predicted molar refractivity (Wildman–Crippen MR) is 120 cm³/mol. The van der Waals surface area contributed by atoms with Crippen LogP contribution in [0.25, 0.3) is 10.9 Å². The Bertz CT molecular complexity index is 1110. The summed E-state index contributed by atoms with van der Waals surface area (Å²) >= 11 is 6.03. The van der Waals surface area contributed by atoms with Crippen molar-refractivity contribution in [3.63, 3.8) is 0 Å². The first-order valence-electron chi connectivity index (χ1n) is 9.82. The van der Waals surface area contributed by atoms with Gasteiger partial charge in [-0.2, -0.15) is 5.10 Å². The number of hydrogen-bond acceptors (Lipinski definition) is 5. The third kappa shape index (κ3) is 5.87. The minimum Gasteiger partial charge on any atom is -0.494 e. The number of benzene rings is 2. The highest BCUT2D eigenvalue weighted by molar-refractivity contribution is 7.92. The number of H-pyrrole nitrogens is 1. The van der Waals surface area contributed by atoms with E-state index >= 15 is 0 Å². The lowest BCUT2D eigenvalue weighted by atomic mass is 10.0. The molecule has 1 atom stereocenters. The Kier molecular flexibility index (Phi) is 7.23. The van der Waals surface area contributed by atoms with E-state index in [1.165, 1.54) is 0 Å². The SMILES string of the molecule is CCc1[nH]nc2cc(OCCCC[C@H](O)c3ccc(Cl)c(NS(C)(=O)=O)c3)ccc12. The minimum atomic E-state index is -3.45. The second-order valence-electron chi connectivity index (χ2n) is 7.21. The largest absolute Gasteiger partial charge is 0.494 e. The van der Waals surface area contributed by atoms with Crippen LogP contribution < -0.4 is 9.46 Å². The molecule has 0 fully saturated rings. The van der Waals surface area contributed by atoms with Gasteiger partial charge < -0.3 is 9.84 Å². The zero-order valence-corrected chi connectivity index (χ0v) is 18.6. The number of aromatic nitrogens is 2. The molecule has 0 unspecified atom stereocenters. The average Bonchev–Trinajstić information content (AvgIpc) is 3.10. The van der Waals surface area contributed by atoms with Gasteiger partial charge in [-0.3, -0.25) is 9.82 Å². The number of nitrogens with zero attached hydrogens (tertiary/aromatic N) is 1. The van der Waals surface area contributed by atoms with Crippen LogP contribution in [0.3, 0.4) is 0 Å². The number of halogens is 1. The summed E-state index contributed by atoms with van der Waals surface area (Å²) < 4.78 is 31.0. The number of rotatable bonds is 10. The van der Waals surface area contributed by atoms with E-state index < -0.39 is 16.1 Å². The Morgan fingerprint density at radius 1 is 1.23 bits per heavy atom. The van der Waals surface area contributed by atoms with Crippen molar-refractivity contribution in [2.24, 2.45) is 0 Å². The lowest BCUT2D eigenvalue weighted by molar-refractivity contribution is 0.160. The Labute approximate surface area is 181 Å². The minimum absolute atomic E-state index is 0.263. The first kappa shape index (κ1) is 22.4. The number of aromatic amines is 1. The van der Waals surface area contributed by atoms with Crippen molar-refractivity contribution in [1.29, 1.82) is 0 Å². The fourth-order valence-electron chi connectivity index (χ4n) is 3.23. The summed E-state index contributed by atoms with van der Waals surface area (Å²) in [6, 6.07) is 10.7. The number of anilines is 1. The Morgan fingerprint density at radius 3 is 2.77 bits per heavy atom. The maximum absolute atomic E-state index is 11.4. The van der Waals surface area contributed by atoms with E-state index in [9.17, 15) is 13.5 Å². The van der Waals surface area contributed by atoms with Crippen LogP contribution in [-0.2, 0) is 16.4 Å². The second kappa shape index (κ2) is 9.68. The van der Waals surface area contributed by atoms with Gasteiger partial charge in [0, 0.05) is 17.1 Å². The fraction of sp³-hybridized carbons (Fsp3) is 0.381. The molecular weight excluding hydrogens is 426 g/mol. The molecule has 0 aliphatic carbocycles. The lowest BCUT2D eigenvalue weighted by Gasteiger charge is -2.14. The molecule has 2 aromatic carbocycles. The quantitative estimate of drug-likeness (QED) is 0.395. The first-order valence-corrected chi connectivity index (χ1v) is 12.1. The molecule has 0 spiro atoms. The molecule has 0 saturated carbocycles. The van der Waals surface area contributed by atoms with E-state index in [0.29, 0.717) is 18.6 Å². The van der Waals surface area contributed by atoms with Crippen molar-refractivity contribution in [2.45, 2.75) is 38.7 Å².